The Kier molecular flexibility index (Phi) is 5.31. The third-order valence-corrected chi connectivity index (χ3v) is 3.49. The lowest BCUT2D eigenvalue weighted by atomic mass is 10.2. The van der Waals surface area contributed by atoms with Crippen LogP contribution in [0.2, 0.25) is 0 Å². The zero-order valence-electron chi connectivity index (χ0n) is 11.5. The number of nitrogens with one attached hydrogen (secondary N) is 2. The lowest BCUT2D eigenvalue weighted by molar-refractivity contribution is 0.178. The SMILES string of the molecule is CNc1cc(NCc2ccccc2Br)nc(COC)n1. The molecule has 0 bridgehead atoms. The molecule has 0 amide bonds. The highest BCUT2D eigenvalue weighted by Gasteiger charge is 2.04. The Morgan fingerprint density at radius 2 is 1.95 bits per heavy atom. The van der Waals surface area contributed by atoms with Crippen LogP contribution in [0.4, 0.5) is 11.6 Å². The van der Waals surface area contributed by atoms with Gasteiger partial charge in [-0.05, 0) is 11.6 Å². The number of methoxy groups -OCH3 is 1. The number of nitrogens with zero attached hydrogens (tertiary/aromatic N) is 2. The van der Waals surface area contributed by atoms with E-state index in [1.165, 1.54) is 5.56 Å². The average Bonchev–Trinajstić information content (AvgIpc) is 2.46. The molecule has 2 rings (SSSR count). The minimum absolute atomic E-state index is 0.388. The van der Waals surface area contributed by atoms with Crippen molar-refractivity contribution in [3.63, 3.8) is 0 Å². The number of hydrogen-bond acceptors (Lipinski definition) is 5. The molecule has 6 heteroatoms. The van der Waals surface area contributed by atoms with Crippen LogP contribution >= 0.6 is 15.9 Å². The van der Waals surface area contributed by atoms with Crippen molar-refractivity contribution in [3.8, 4) is 0 Å². The second kappa shape index (κ2) is 7.21. The van der Waals surface area contributed by atoms with Crippen LogP contribution in [-0.4, -0.2) is 24.1 Å². The van der Waals surface area contributed by atoms with Crippen molar-refractivity contribution in [2.24, 2.45) is 0 Å². The molecule has 0 fully saturated rings. The Morgan fingerprint density at radius 3 is 2.65 bits per heavy atom. The van der Waals surface area contributed by atoms with Gasteiger partial charge in [0.1, 0.15) is 18.2 Å². The Bertz CT molecular complexity index is 577. The van der Waals surface area contributed by atoms with E-state index in [1.807, 2.05) is 31.3 Å². The van der Waals surface area contributed by atoms with Crippen molar-refractivity contribution in [1.29, 1.82) is 0 Å². The molecule has 1 aromatic heterocycles. The predicted octanol–water partition coefficient (Wildman–Crippen LogP) is 3.04. The van der Waals surface area contributed by atoms with Gasteiger partial charge in [0.15, 0.2) is 5.82 Å². The zero-order chi connectivity index (χ0) is 14.4. The first-order valence-corrected chi connectivity index (χ1v) is 7.04. The number of halogens is 1. The van der Waals surface area contributed by atoms with E-state index in [0.29, 0.717) is 19.0 Å². The summed E-state index contributed by atoms with van der Waals surface area (Å²) in [4.78, 5) is 8.73. The highest BCUT2D eigenvalue weighted by Crippen LogP contribution is 2.18. The summed E-state index contributed by atoms with van der Waals surface area (Å²) in [5.41, 5.74) is 1.17. The number of aromatic nitrogens is 2. The van der Waals surface area contributed by atoms with Crippen molar-refractivity contribution >= 4 is 27.6 Å². The average molecular weight is 337 g/mol. The van der Waals surface area contributed by atoms with Crippen LogP contribution in [-0.2, 0) is 17.9 Å². The first-order chi connectivity index (χ1) is 9.72. The van der Waals surface area contributed by atoms with Crippen LogP contribution in [0.1, 0.15) is 11.4 Å². The molecule has 2 aromatic rings. The molecule has 0 unspecified atom stereocenters. The zero-order valence-corrected chi connectivity index (χ0v) is 13.1. The number of ether oxygens (including phenoxy) is 1. The molecule has 0 aliphatic carbocycles. The number of benzene rings is 1. The van der Waals surface area contributed by atoms with E-state index < -0.39 is 0 Å². The third kappa shape index (κ3) is 3.91. The van der Waals surface area contributed by atoms with Gasteiger partial charge in [-0.15, -0.1) is 0 Å². The van der Waals surface area contributed by atoms with Gasteiger partial charge < -0.3 is 15.4 Å². The normalized spacial score (nSPS) is 10.3. The van der Waals surface area contributed by atoms with E-state index >= 15 is 0 Å². The van der Waals surface area contributed by atoms with Gasteiger partial charge in [0.25, 0.3) is 0 Å². The van der Waals surface area contributed by atoms with Gasteiger partial charge in [0.2, 0.25) is 0 Å². The molecule has 0 aliphatic rings. The molecule has 1 aromatic carbocycles. The standard InChI is InChI=1S/C14H17BrN4O/c1-16-12-7-13(19-14(18-12)9-20-2)17-8-10-5-3-4-6-11(10)15/h3-7H,8-9H2,1-2H3,(H2,16,17,18,19). The number of rotatable bonds is 6. The molecule has 0 saturated carbocycles. The van der Waals surface area contributed by atoms with E-state index in [4.69, 9.17) is 4.74 Å². The molecule has 5 nitrogen and oxygen atoms in total. The van der Waals surface area contributed by atoms with Gasteiger partial charge in [-0.2, -0.15) is 0 Å². The summed E-state index contributed by atoms with van der Waals surface area (Å²) in [5, 5.41) is 6.32. The first-order valence-electron chi connectivity index (χ1n) is 6.25. The molecule has 106 valence electrons. The van der Waals surface area contributed by atoms with Gasteiger partial charge in [-0.1, -0.05) is 34.1 Å². The van der Waals surface area contributed by atoms with Crippen molar-refractivity contribution in [1.82, 2.24) is 9.97 Å². The largest absolute Gasteiger partial charge is 0.377 e. The lowest BCUT2D eigenvalue weighted by Gasteiger charge is -2.10. The Balaban J connectivity index is 2.12. The lowest BCUT2D eigenvalue weighted by Crippen LogP contribution is -2.07. The maximum Gasteiger partial charge on any atom is 0.158 e. The third-order valence-electron chi connectivity index (χ3n) is 2.72. The quantitative estimate of drug-likeness (QED) is 0.849. The summed E-state index contributed by atoms with van der Waals surface area (Å²) >= 11 is 3.53. The monoisotopic (exact) mass is 336 g/mol. The van der Waals surface area contributed by atoms with Crippen molar-refractivity contribution in [2.45, 2.75) is 13.2 Å². The summed E-state index contributed by atoms with van der Waals surface area (Å²) in [5.74, 6) is 2.18. The highest BCUT2D eigenvalue weighted by molar-refractivity contribution is 9.10. The van der Waals surface area contributed by atoms with Crippen molar-refractivity contribution in [3.05, 3.63) is 46.2 Å². The summed E-state index contributed by atoms with van der Waals surface area (Å²) in [6.45, 7) is 1.08. The molecule has 0 aliphatic heterocycles. The topological polar surface area (TPSA) is 59.1 Å². The molecule has 1 heterocycles. The predicted molar refractivity (Wildman–Crippen MR) is 83.8 cm³/mol. The summed E-state index contributed by atoms with van der Waals surface area (Å²) in [7, 11) is 3.46. The molecule has 0 atom stereocenters. The molecule has 0 spiro atoms. The van der Waals surface area contributed by atoms with Crippen LogP contribution in [0.15, 0.2) is 34.8 Å². The fourth-order valence-electron chi connectivity index (χ4n) is 1.74. The van der Waals surface area contributed by atoms with E-state index in [2.05, 4.69) is 42.6 Å². The molecular weight excluding hydrogens is 320 g/mol. The summed E-state index contributed by atoms with van der Waals surface area (Å²) < 4.78 is 6.15. The minimum atomic E-state index is 0.388. The Morgan fingerprint density at radius 1 is 1.20 bits per heavy atom. The van der Waals surface area contributed by atoms with Crippen molar-refractivity contribution < 1.29 is 4.74 Å². The summed E-state index contributed by atoms with van der Waals surface area (Å²) in [6.07, 6.45) is 0. The maximum atomic E-state index is 5.08. The highest BCUT2D eigenvalue weighted by atomic mass is 79.9. The Hall–Kier alpha value is -1.66. The molecular formula is C14H17BrN4O. The second-order valence-corrected chi connectivity index (χ2v) is 5.04. The fourth-order valence-corrected chi connectivity index (χ4v) is 2.16. The molecule has 0 radical (unpaired) electrons. The smallest absolute Gasteiger partial charge is 0.158 e. The van der Waals surface area contributed by atoms with Crippen LogP contribution in [0, 0.1) is 0 Å². The fraction of sp³-hybridized carbons (Fsp3) is 0.286. The van der Waals surface area contributed by atoms with Gasteiger partial charge in [0, 0.05) is 31.2 Å². The van der Waals surface area contributed by atoms with Gasteiger partial charge in [-0.25, -0.2) is 9.97 Å². The maximum absolute atomic E-state index is 5.08. The molecule has 20 heavy (non-hydrogen) atoms. The first kappa shape index (κ1) is 14.7. The van der Waals surface area contributed by atoms with Crippen molar-refractivity contribution in [2.75, 3.05) is 24.8 Å². The summed E-state index contributed by atoms with van der Waals surface area (Å²) in [6, 6.07) is 9.96. The van der Waals surface area contributed by atoms with Gasteiger partial charge >= 0.3 is 0 Å². The van der Waals surface area contributed by atoms with E-state index in [9.17, 15) is 0 Å². The Labute approximate surface area is 126 Å². The minimum Gasteiger partial charge on any atom is -0.377 e. The molecule has 0 saturated heterocycles. The second-order valence-electron chi connectivity index (χ2n) is 4.18. The number of anilines is 2. The van der Waals surface area contributed by atoms with Crippen LogP contribution in [0.3, 0.4) is 0 Å². The van der Waals surface area contributed by atoms with E-state index in [-0.39, 0.29) is 0 Å². The van der Waals surface area contributed by atoms with Crippen LogP contribution in [0.25, 0.3) is 0 Å². The van der Waals surface area contributed by atoms with Gasteiger partial charge in [-0.3, -0.25) is 0 Å². The molecule has 2 N–H and O–H groups in total. The van der Waals surface area contributed by atoms with Crippen LogP contribution < -0.4 is 10.6 Å². The van der Waals surface area contributed by atoms with E-state index in [0.717, 1.165) is 16.1 Å². The van der Waals surface area contributed by atoms with Gasteiger partial charge in [0.05, 0.1) is 0 Å². The van der Waals surface area contributed by atoms with E-state index in [1.54, 1.807) is 7.11 Å². The van der Waals surface area contributed by atoms with Crippen LogP contribution in [0.5, 0.6) is 0 Å². The number of hydrogen-bond donors (Lipinski definition) is 2.